The molecule has 3 heteroatoms. The molecule has 0 spiro atoms. The molecule has 0 N–H and O–H groups in total. The highest BCUT2D eigenvalue weighted by Gasteiger charge is 2.46. The van der Waals surface area contributed by atoms with Gasteiger partial charge in [0, 0.05) is 5.41 Å². The molecule has 1 unspecified atom stereocenters. The molecule has 1 fully saturated rings. The summed E-state index contributed by atoms with van der Waals surface area (Å²) in [6.07, 6.45) is 4.18. The molecule has 0 radical (unpaired) electrons. The number of carbonyl (C=O) groups excluding carboxylic acids is 2. The molecule has 0 aromatic rings. The molecular weight excluding hydrogens is 204 g/mol. The number of esters is 1. The quantitative estimate of drug-likeness (QED) is 0.420. The Balaban J connectivity index is 2.95. The first-order valence-corrected chi connectivity index (χ1v) is 5.67. The zero-order valence-electron chi connectivity index (χ0n) is 10.3. The van der Waals surface area contributed by atoms with Crippen LogP contribution < -0.4 is 0 Å². The summed E-state index contributed by atoms with van der Waals surface area (Å²) in [5.41, 5.74) is -0.406. The normalized spacial score (nSPS) is 28.6. The van der Waals surface area contributed by atoms with E-state index in [0.29, 0.717) is 6.42 Å². The van der Waals surface area contributed by atoms with E-state index in [1.54, 1.807) is 6.08 Å². The number of ether oxygens (including phenoxy) is 1. The average Bonchev–Trinajstić information content (AvgIpc) is 2.24. The lowest BCUT2D eigenvalue weighted by Gasteiger charge is -2.37. The first kappa shape index (κ1) is 12.9. The van der Waals surface area contributed by atoms with Crippen molar-refractivity contribution in [3.63, 3.8) is 0 Å². The van der Waals surface area contributed by atoms with Gasteiger partial charge in [0.2, 0.25) is 0 Å². The highest BCUT2D eigenvalue weighted by atomic mass is 16.5. The molecule has 0 saturated heterocycles. The molecule has 3 nitrogen and oxygen atoms in total. The van der Waals surface area contributed by atoms with Crippen LogP contribution in [0.4, 0.5) is 0 Å². The second-order valence-corrected chi connectivity index (χ2v) is 5.07. The Morgan fingerprint density at radius 2 is 2.25 bits per heavy atom. The molecule has 90 valence electrons. The van der Waals surface area contributed by atoms with E-state index in [-0.39, 0.29) is 11.7 Å². The van der Waals surface area contributed by atoms with Crippen molar-refractivity contribution in [2.45, 2.75) is 33.1 Å². The zero-order valence-corrected chi connectivity index (χ0v) is 10.3. The fourth-order valence-electron chi connectivity index (χ4n) is 2.37. The third kappa shape index (κ3) is 2.34. The van der Waals surface area contributed by atoms with E-state index < -0.39 is 17.3 Å². The van der Waals surface area contributed by atoms with E-state index in [9.17, 15) is 9.59 Å². The van der Waals surface area contributed by atoms with Crippen LogP contribution in [-0.4, -0.2) is 18.9 Å². The van der Waals surface area contributed by atoms with Gasteiger partial charge in [0.05, 0.1) is 7.11 Å². The van der Waals surface area contributed by atoms with Crippen molar-refractivity contribution in [1.82, 2.24) is 0 Å². The Morgan fingerprint density at radius 3 is 2.75 bits per heavy atom. The van der Waals surface area contributed by atoms with Crippen LogP contribution in [0.25, 0.3) is 0 Å². The van der Waals surface area contributed by atoms with Crippen LogP contribution in [0.2, 0.25) is 0 Å². The van der Waals surface area contributed by atoms with Gasteiger partial charge >= 0.3 is 5.97 Å². The number of hydrogen-bond acceptors (Lipinski definition) is 3. The van der Waals surface area contributed by atoms with Crippen molar-refractivity contribution < 1.29 is 14.3 Å². The topological polar surface area (TPSA) is 43.4 Å². The minimum absolute atomic E-state index is 0.0115. The first-order chi connectivity index (χ1) is 7.44. The Morgan fingerprint density at radius 1 is 1.62 bits per heavy atom. The van der Waals surface area contributed by atoms with Gasteiger partial charge in [-0.2, -0.15) is 0 Å². The number of hydrogen-bond donors (Lipinski definition) is 0. The van der Waals surface area contributed by atoms with Crippen molar-refractivity contribution in [1.29, 1.82) is 0 Å². The molecule has 0 aromatic heterocycles. The number of methoxy groups -OCH3 is 1. The van der Waals surface area contributed by atoms with Crippen molar-refractivity contribution >= 4 is 11.8 Å². The zero-order chi connectivity index (χ0) is 12.3. The maximum atomic E-state index is 12.2. The van der Waals surface area contributed by atoms with Crippen molar-refractivity contribution in [2.75, 3.05) is 7.11 Å². The molecule has 0 heterocycles. The lowest BCUT2D eigenvalue weighted by Crippen LogP contribution is -2.44. The minimum atomic E-state index is -0.605. The van der Waals surface area contributed by atoms with Crippen LogP contribution in [0, 0.1) is 17.3 Å². The maximum Gasteiger partial charge on any atom is 0.316 e. The maximum absolute atomic E-state index is 12.2. The summed E-state index contributed by atoms with van der Waals surface area (Å²) in [5, 5.41) is 0. The number of rotatable bonds is 3. The van der Waals surface area contributed by atoms with Crippen LogP contribution in [-0.2, 0) is 14.3 Å². The van der Waals surface area contributed by atoms with Gasteiger partial charge < -0.3 is 4.74 Å². The number of Topliss-reactive ketones (excluding diaryl/α,β-unsaturated/α-hetero) is 1. The summed E-state index contributed by atoms with van der Waals surface area (Å²) in [6, 6.07) is 0. The van der Waals surface area contributed by atoms with E-state index in [2.05, 4.69) is 6.58 Å². The number of ketones is 1. The largest absolute Gasteiger partial charge is 0.468 e. The predicted molar refractivity (Wildman–Crippen MR) is 61.8 cm³/mol. The molecule has 1 aliphatic carbocycles. The van der Waals surface area contributed by atoms with E-state index in [1.165, 1.54) is 7.11 Å². The van der Waals surface area contributed by atoms with Gasteiger partial charge in [0.25, 0.3) is 0 Å². The van der Waals surface area contributed by atoms with Crippen LogP contribution >= 0.6 is 0 Å². The Bertz CT molecular complexity index is 304. The highest BCUT2D eigenvalue weighted by molar-refractivity contribution is 6.02. The van der Waals surface area contributed by atoms with Gasteiger partial charge in [-0.05, 0) is 25.2 Å². The van der Waals surface area contributed by atoms with Crippen molar-refractivity contribution in [2.24, 2.45) is 17.3 Å². The van der Waals surface area contributed by atoms with Gasteiger partial charge in [-0.25, -0.2) is 0 Å². The summed E-state index contributed by atoms with van der Waals surface area (Å²) in [4.78, 5) is 23.9. The molecule has 16 heavy (non-hydrogen) atoms. The van der Waals surface area contributed by atoms with E-state index in [4.69, 9.17) is 4.74 Å². The van der Waals surface area contributed by atoms with Gasteiger partial charge in [-0.1, -0.05) is 19.9 Å². The van der Waals surface area contributed by atoms with Crippen molar-refractivity contribution in [3.8, 4) is 0 Å². The van der Waals surface area contributed by atoms with Gasteiger partial charge in [0.15, 0.2) is 5.78 Å². The Hall–Kier alpha value is -1.12. The van der Waals surface area contributed by atoms with Crippen LogP contribution in [0.3, 0.4) is 0 Å². The summed E-state index contributed by atoms with van der Waals surface area (Å²) < 4.78 is 4.74. The van der Waals surface area contributed by atoms with Crippen LogP contribution in [0.1, 0.15) is 33.1 Å². The van der Waals surface area contributed by atoms with Gasteiger partial charge in [-0.15, -0.1) is 6.58 Å². The van der Waals surface area contributed by atoms with E-state index >= 15 is 0 Å². The monoisotopic (exact) mass is 224 g/mol. The fourth-order valence-corrected chi connectivity index (χ4v) is 2.37. The smallest absolute Gasteiger partial charge is 0.316 e. The van der Waals surface area contributed by atoms with E-state index in [1.807, 2.05) is 13.8 Å². The molecule has 2 atom stereocenters. The summed E-state index contributed by atoms with van der Waals surface area (Å²) in [6.45, 7) is 7.47. The molecule has 1 rings (SSSR count). The molecule has 0 aliphatic heterocycles. The summed E-state index contributed by atoms with van der Waals surface area (Å²) in [7, 11) is 1.34. The molecule has 1 aliphatic rings. The second kappa shape index (κ2) is 4.81. The van der Waals surface area contributed by atoms with Crippen LogP contribution in [0.15, 0.2) is 12.7 Å². The number of allylic oxidation sites excluding steroid dienone is 1. The summed E-state index contributed by atoms with van der Waals surface area (Å²) in [5.74, 6) is -0.931. The molecular formula is C13H20O3. The fraction of sp³-hybridized carbons (Fsp3) is 0.692. The number of carbonyl (C=O) groups is 2. The molecule has 0 amide bonds. The summed E-state index contributed by atoms with van der Waals surface area (Å²) >= 11 is 0. The third-order valence-corrected chi connectivity index (χ3v) is 3.49. The lowest BCUT2D eigenvalue weighted by molar-refractivity contribution is -0.157. The molecule has 0 aromatic carbocycles. The van der Waals surface area contributed by atoms with E-state index in [0.717, 1.165) is 12.8 Å². The Labute approximate surface area is 96.9 Å². The second-order valence-electron chi connectivity index (χ2n) is 5.07. The third-order valence-electron chi connectivity index (χ3n) is 3.49. The SMILES string of the molecule is C=CC[C@H]1CCC(C)(C)C(=O)C1C(=O)OC. The predicted octanol–water partition coefficient (Wildman–Crippen LogP) is 2.36. The minimum Gasteiger partial charge on any atom is -0.468 e. The van der Waals surface area contributed by atoms with Crippen molar-refractivity contribution in [3.05, 3.63) is 12.7 Å². The highest BCUT2D eigenvalue weighted by Crippen LogP contribution is 2.40. The van der Waals surface area contributed by atoms with Crippen LogP contribution in [0.5, 0.6) is 0 Å². The molecule has 1 saturated carbocycles. The van der Waals surface area contributed by atoms with Gasteiger partial charge in [0.1, 0.15) is 5.92 Å². The Kier molecular flexibility index (Phi) is 3.89. The first-order valence-electron chi connectivity index (χ1n) is 5.67. The van der Waals surface area contributed by atoms with Gasteiger partial charge in [-0.3, -0.25) is 9.59 Å². The standard InChI is InChI=1S/C13H20O3/c1-5-6-9-7-8-13(2,3)11(14)10(9)12(15)16-4/h5,9-10H,1,6-8H2,2-4H3/t9-,10?/m0/s1. The average molecular weight is 224 g/mol. The lowest BCUT2D eigenvalue weighted by atomic mass is 9.65. The molecule has 0 bridgehead atoms.